The molecular weight excluding hydrogens is 573 g/mol. The van der Waals surface area contributed by atoms with E-state index in [4.69, 9.17) is 23.2 Å². The van der Waals surface area contributed by atoms with E-state index >= 15 is 0 Å². The molecule has 0 spiro atoms. The molecule has 0 unspecified atom stereocenters. The van der Waals surface area contributed by atoms with Gasteiger partial charge in [-0.15, -0.1) is 0 Å². The number of carbonyl (C=O) groups is 1. The Balaban J connectivity index is 1.39. The van der Waals surface area contributed by atoms with Gasteiger partial charge in [0.1, 0.15) is 0 Å². The number of nitrogens with zero attached hydrogens (tertiary/aromatic N) is 3. The Bertz CT molecular complexity index is 1550. The first-order valence-electron chi connectivity index (χ1n) is 11.6. The fraction of sp³-hybridized carbons (Fsp3) is 0.292. The molecule has 3 aromatic rings. The standard InChI is InChI=1S/C24H25Cl2N5O5S2/c1-16-10-11-27-24(28-16)30-38(35,36)21-8-6-20(7-9-21)29-23(32)17-3-2-12-31(14-17)37(33,34)15-18-4-5-19(25)13-22(18)26/h4-11,13,17H,2-3,12,14-15H2,1H3,(H,29,32)(H,27,28,30)/t17-/m1/s1. The molecule has 1 aliphatic rings. The van der Waals surface area contributed by atoms with Crippen molar-refractivity contribution >= 4 is 60.8 Å². The van der Waals surface area contributed by atoms with Gasteiger partial charge in [-0.2, -0.15) is 0 Å². The third-order valence-electron chi connectivity index (χ3n) is 5.95. The van der Waals surface area contributed by atoms with Crippen molar-refractivity contribution in [3.8, 4) is 0 Å². The van der Waals surface area contributed by atoms with Crippen LogP contribution in [0.1, 0.15) is 24.1 Å². The van der Waals surface area contributed by atoms with Crippen molar-refractivity contribution in [1.29, 1.82) is 0 Å². The molecule has 0 bridgehead atoms. The first-order chi connectivity index (χ1) is 17.9. The van der Waals surface area contributed by atoms with E-state index in [2.05, 4.69) is 20.0 Å². The number of benzene rings is 2. The summed E-state index contributed by atoms with van der Waals surface area (Å²) in [7, 11) is -7.65. The molecule has 0 aliphatic carbocycles. The molecule has 38 heavy (non-hydrogen) atoms. The molecule has 1 aliphatic heterocycles. The highest BCUT2D eigenvalue weighted by Gasteiger charge is 2.33. The van der Waals surface area contributed by atoms with Crippen molar-refractivity contribution in [3.05, 3.63) is 76.0 Å². The fourth-order valence-electron chi connectivity index (χ4n) is 3.97. The van der Waals surface area contributed by atoms with E-state index in [0.29, 0.717) is 41.4 Å². The minimum absolute atomic E-state index is 0.0311. The summed E-state index contributed by atoms with van der Waals surface area (Å²) in [5.41, 5.74) is 1.42. The van der Waals surface area contributed by atoms with Crippen LogP contribution >= 0.6 is 23.2 Å². The van der Waals surface area contributed by atoms with Gasteiger partial charge in [0, 0.05) is 40.7 Å². The van der Waals surface area contributed by atoms with Crippen LogP contribution in [-0.4, -0.2) is 50.1 Å². The van der Waals surface area contributed by atoms with Gasteiger partial charge < -0.3 is 5.32 Å². The Labute approximate surface area is 231 Å². The van der Waals surface area contributed by atoms with Crippen LogP contribution in [0.3, 0.4) is 0 Å². The Morgan fingerprint density at radius 2 is 1.82 bits per heavy atom. The van der Waals surface area contributed by atoms with E-state index in [-0.39, 0.29) is 34.1 Å². The average molecular weight is 599 g/mol. The van der Waals surface area contributed by atoms with Gasteiger partial charge in [0.05, 0.1) is 16.6 Å². The second-order valence-electron chi connectivity index (χ2n) is 8.83. The lowest BCUT2D eigenvalue weighted by Gasteiger charge is -2.31. The van der Waals surface area contributed by atoms with E-state index in [1.165, 1.54) is 40.8 Å². The van der Waals surface area contributed by atoms with Crippen molar-refractivity contribution in [2.75, 3.05) is 23.1 Å². The first kappa shape index (κ1) is 28.2. The Kier molecular flexibility index (Phi) is 8.58. The molecular formula is C24H25Cl2N5O5S2. The molecule has 2 N–H and O–H groups in total. The number of amides is 1. The van der Waals surface area contributed by atoms with E-state index in [1.54, 1.807) is 25.1 Å². The maximum atomic E-state index is 13.0. The number of carbonyl (C=O) groups excluding carboxylic acids is 1. The summed E-state index contributed by atoms with van der Waals surface area (Å²) in [6.45, 7) is 2.06. The summed E-state index contributed by atoms with van der Waals surface area (Å²) in [5.74, 6) is -1.26. The number of piperidine rings is 1. The van der Waals surface area contributed by atoms with Gasteiger partial charge in [-0.05, 0) is 67.8 Å². The second-order valence-corrected chi connectivity index (χ2v) is 13.3. The van der Waals surface area contributed by atoms with Gasteiger partial charge in [0.15, 0.2) is 0 Å². The van der Waals surface area contributed by atoms with Crippen LogP contribution in [-0.2, 0) is 30.6 Å². The zero-order chi connectivity index (χ0) is 27.5. The SMILES string of the molecule is Cc1ccnc(NS(=O)(=O)c2ccc(NC(=O)[C@@H]3CCCN(S(=O)(=O)Cc4ccc(Cl)cc4Cl)C3)cc2)n1. The molecule has 1 amide bonds. The van der Waals surface area contributed by atoms with Crippen LogP contribution in [0.25, 0.3) is 0 Å². The average Bonchev–Trinajstić information content (AvgIpc) is 2.86. The second kappa shape index (κ2) is 11.5. The van der Waals surface area contributed by atoms with Gasteiger partial charge in [-0.3, -0.25) is 4.79 Å². The van der Waals surface area contributed by atoms with Gasteiger partial charge >= 0.3 is 0 Å². The third kappa shape index (κ3) is 7.00. The van der Waals surface area contributed by atoms with Crippen molar-refractivity contribution in [2.45, 2.75) is 30.4 Å². The lowest BCUT2D eigenvalue weighted by Crippen LogP contribution is -2.44. The Morgan fingerprint density at radius 1 is 1.08 bits per heavy atom. The molecule has 0 saturated carbocycles. The van der Waals surface area contributed by atoms with Crippen molar-refractivity contribution < 1.29 is 21.6 Å². The maximum Gasteiger partial charge on any atom is 0.264 e. The van der Waals surface area contributed by atoms with Crippen LogP contribution in [0, 0.1) is 12.8 Å². The molecule has 1 fully saturated rings. The highest BCUT2D eigenvalue weighted by molar-refractivity contribution is 7.92. The molecule has 0 radical (unpaired) electrons. The summed E-state index contributed by atoms with van der Waals surface area (Å²) >= 11 is 12.0. The van der Waals surface area contributed by atoms with Gasteiger partial charge in [0.2, 0.25) is 21.9 Å². The largest absolute Gasteiger partial charge is 0.326 e. The summed E-state index contributed by atoms with van der Waals surface area (Å²) in [6, 6.07) is 11.9. The number of hydrogen-bond donors (Lipinski definition) is 2. The minimum atomic E-state index is -3.93. The number of aryl methyl sites for hydroxylation is 1. The minimum Gasteiger partial charge on any atom is -0.326 e. The summed E-state index contributed by atoms with van der Waals surface area (Å²) in [4.78, 5) is 20.8. The number of sulfonamides is 2. The number of aromatic nitrogens is 2. The van der Waals surface area contributed by atoms with Crippen LogP contribution < -0.4 is 10.0 Å². The maximum absolute atomic E-state index is 13.0. The molecule has 1 atom stereocenters. The van der Waals surface area contributed by atoms with Crippen molar-refractivity contribution in [3.63, 3.8) is 0 Å². The van der Waals surface area contributed by atoms with Crippen molar-refractivity contribution in [1.82, 2.24) is 14.3 Å². The molecule has 2 heterocycles. The number of rotatable bonds is 8. The van der Waals surface area contributed by atoms with Crippen molar-refractivity contribution in [2.24, 2.45) is 5.92 Å². The van der Waals surface area contributed by atoms with Crippen LogP contribution in [0.2, 0.25) is 10.0 Å². The zero-order valence-corrected chi connectivity index (χ0v) is 23.4. The quantitative estimate of drug-likeness (QED) is 0.399. The Hall–Kier alpha value is -2.77. The zero-order valence-electron chi connectivity index (χ0n) is 20.3. The number of hydrogen-bond acceptors (Lipinski definition) is 7. The summed E-state index contributed by atoms with van der Waals surface area (Å²) in [5, 5.41) is 3.42. The van der Waals surface area contributed by atoms with E-state index in [1.807, 2.05) is 0 Å². The number of nitrogens with one attached hydrogen (secondary N) is 2. The molecule has 14 heteroatoms. The third-order valence-corrected chi connectivity index (χ3v) is 9.68. The number of anilines is 2. The van der Waals surface area contributed by atoms with Gasteiger partial charge in [-0.1, -0.05) is 29.3 Å². The smallest absolute Gasteiger partial charge is 0.264 e. The first-order valence-corrected chi connectivity index (χ1v) is 15.4. The van der Waals surface area contributed by atoms with Gasteiger partial charge in [-0.25, -0.2) is 35.8 Å². The predicted octanol–water partition coefficient (Wildman–Crippen LogP) is 4.07. The Morgan fingerprint density at radius 3 is 2.50 bits per heavy atom. The lowest BCUT2D eigenvalue weighted by atomic mass is 9.99. The fourth-order valence-corrected chi connectivity index (χ4v) is 7.12. The van der Waals surface area contributed by atoms with E-state index in [9.17, 15) is 21.6 Å². The molecule has 2 aromatic carbocycles. The topological polar surface area (TPSA) is 138 Å². The van der Waals surface area contributed by atoms with Crippen LogP contribution in [0.15, 0.2) is 59.6 Å². The summed E-state index contributed by atoms with van der Waals surface area (Å²) in [6.07, 6.45) is 2.49. The van der Waals surface area contributed by atoms with Crippen LogP contribution in [0.5, 0.6) is 0 Å². The molecule has 1 aromatic heterocycles. The van der Waals surface area contributed by atoms with E-state index in [0.717, 1.165) is 0 Å². The van der Waals surface area contributed by atoms with Crippen LogP contribution in [0.4, 0.5) is 11.6 Å². The normalized spacial score (nSPS) is 16.7. The van der Waals surface area contributed by atoms with Gasteiger partial charge in [0.25, 0.3) is 10.0 Å². The highest BCUT2D eigenvalue weighted by atomic mass is 35.5. The number of halogens is 2. The molecule has 1 saturated heterocycles. The lowest BCUT2D eigenvalue weighted by molar-refractivity contribution is -0.120. The molecule has 202 valence electrons. The van der Waals surface area contributed by atoms with E-state index < -0.39 is 26.0 Å². The monoisotopic (exact) mass is 597 g/mol. The summed E-state index contributed by atoms with van der Waals surface area (Å²) < 4.78 is 55.0. The molecule has 10 nitrogen and oxygen atoms in total. The molecule has 4 rings (SSSR count). The highest BCUT2D eigenvalue weighted by Crippen LogP contribution is 2.27. The predicted molar refractivity (Wildman–Crippen MR) is 146 cm³/mol.